The van der Waals surface area contributed by atoms with Crippen molar-refractivity contribution < 1.29 is 9.53 Å². The Balaban J connectivity index is 1.89. The molecule has 3 nitrogen and oxygen atoms in total. The lowest BCUT2D eigenvalue weighted by Gasteiger charge is -2.14. The average molecular weight is 368 g/mol. The summed E-state index contributed by atoms with van der Waals surface area (Å²) < 4.78 is 6.67. The third-order valence-corrected chi connectivity index (χ3v) is 4.36. The maximum Gasteiger partial charge on any atom is 0.258 e. The first kappa shape index (κ1) is 16.0. The van der Waals surface area contributed by atoms with Gasteiger partial charge in [-0.2, -0.15) is 0 Å². The molecule has 1 aromatic heterocycles. The fourth-order valence-corrected chi connectivity index (χ4v) is 2.92. The van der Waals surface area contributed by atoms with Gasteiger partial charge in [-0.1, -0.05) is 35.8 Å². The van der Waals surface area contributed by atoms with E-state index in [4.69, 9.17) is 4.74 Å². The van der Waals surface area contributed by atoms with Crippen molar-refractivity contribution in [1.29, 1.82) is 0 Å². The van der Waals surface area contributed by atoms with Gasteiger partial charge in [0, 0.05) is 9.35 Å². The van der Waals surface area contributed by atoms with E-state index in [1.807, 2.05) is 35.7 Å². The first-order chi connectivity index (χ1) is 10.1. The smallest absolute Gasteiger partial charge is 0.258 e. The molecule has 0 fully saturated rings. The van der Waals surface area contributed by atoms with Crippen molar-refractivity contribution in [2.45, 2.75) is 26.3 Å². The quantitative estimate of drug-likeness (QED) is 0.824. The lowest BCUT2D eigenvalue weighted by atomic mass is 10.0. The Morgan fingerprint density at radius 2 is 2.19 bits per heavy atom. The number of rotatable bonds is 6. The summed E-state index contributed by atoms with van der Waals surface area (Å²) in [6.07, 6.45) is 0. The van der Waals surface area contributed by atoms with Crippen molar-refractivity contribution in [3.05, 3.63) is 50.6 Å². The molecule has 1 amide bonds. The molecule has 21 heavy (non-hydrogen) atoms. The van der Waals surface area contributed by atoms with Gasteiger partial charge >= 0.3 is 0 Å². The second kappa shape index (κ2) is 7.61. The molecule has 5 heteroatoms. The van der Waals surface area contributed by atoms with Crippen LogP contribution in [0.2, 0.25) is 0 Å². The molecule has 0 spiro atoms. The van der Waals surface area contributed by atoms with Crippen molar-refractivity contribution in [3.8, 4) is 5.75 Å². The van der Waals surface area contributed by atoms with Crippen LogP contribution in [0.15, 0.2) is 40.2 Å². The van der Waals surface area contributed by atoms with Gasteiger partial charge in [0.25, 0.3) is 5.91 Å². The molecule has 2 aromatic rings. The largest absolute Gasteiger partial charge is 0.483 e. The summed E-state index contributed by atoms with van der Waals surface area (Å²) in [6, 6.07) is 9.82. The molecule has 1 heterocycles. The molecule has 0 aliphatic heterocycles. The molecule has 0 saturated heterocycles. The number of amides is 1. The molecule has 0 aliphatic rings. The van der Waals surface area contributed by atoms with Crippen LogP contribution in [0.4, 0.5) is 0 Å². The van der Waals surface area contributed by atoms with Crippen molar-refractivity contribution in [1.82, 2.24) is 5.32 Å². The number of thiophene rings is 1. The van der Waals surface area contributed by atoms with Crippen molar-refractivity contribution in [2.24, 2.45) is 0 Å². The molecule has 112 valence electrons. The average Bonchev–Trinajstić information content (AvgIpc) is 2.97. The third kappa shape index (κ3) is 4.86. The Bertz CT molecular complexity index is 596. The van der Waals surface area contributed by atoms with Crippen LogP contribution in [0.3, 0.4) is 0 Å². The monoisotopic (exact) mass is 367 g/mol. The van der Waals surface area contributed by atoms with E-state index in [1.54, 1.807) is 11.3 Å². The fraction of sp³-hybridized carbons (Fsp3) is 0.312. The van der Waals surface area contributed by atoms with Crippen LogP contribution in [-0.4, -0.2) is 12.5 Å². The highest BCUT2D eigenvalue weighted by Crippen LogP contribution is 2.29. The number of carbonyl (C=O) groups is 1. The van der Waals surface area contributed by atoms with Crippen LogP contribution in [0.5, 0.6) is 5.75 Å². The summed E-state index contributed by atoms with van der Waals surface area (Å²) in [7, 11) is 0. The van der Waals surface area contributed by atoms with Crippen molar-refractivity contribution in [2.75, 3.05) is 6.61 Å². The van der Waals surface area contributed by atoms with Crippen LogP contribution in [0.25, 0.3) is 0 Å². The molecule has 2 rings (SSSR count). The van der Waals surface area contributed by atoms with Gasteiger partial charge in [0.05, 0.1) is 6.54 Å². The first-order valence-electron chi connectivity index (χ1n) is 6.77. The van der Waals surface area contributed by atoms with Crippen LogP contribution in [0.1, 0.15) is 30.2 Å². The Morgan fingerprint density at radius 1 is 1.38 bits per heavy atom. The minimum absolute atomic E-state index is 0.0345. The van der Waals surface area contributed by atoms with Gasteiger partial charge in [-0.05, 0) is 41.1 Å². The standard InChI is InChI=1S/C16H18BrNO2S/c1-11(2)14-8-12(17)5-6-15(14)20-10-16(19)18-9-13-4-3-7-21-13/h3-8,11H,9-10H2,1-2H3,(H,18,19). The van der Waals surface area contributed by atoms with Crippen molar-refractivity contribution in [3.63, 3.8) is 0 Å². The van der Waals surface area contributed by atoms with Gasteiger partial charge in [0.2, 0.25) is 0 Å². The van der Waals surface area contributed by atoms with E-state index in [-0.39, 0.29) is 12.5 Å². The highest BCUT2D eigenvalue weighted by atomic mass is 79.9. The minimum atomic E-state index is -0.110. The number of carbonyl (C=O) groups excluding carboxylic acids is 1. The zero-order valence-corrected chi connectivity index (χ0v) is 14.5. The zero-order chi connectivity index (χ0) is 15.2. The molecule has 0 saturated carbocycles. The van der Waals surface area contributed by atoms with E-state index in [9.17, 15) is 4.79 Å². The second-order valence-corrected chi connectivity index (χ2v) is 6.93. The highest BCUT2D eigenvalue weighted by Gasteiger charge is 2.10. The maximum atomic E-state index is 11.8. The van der Waals surface area contributed by atoms with E-state index in [0.29, 0.717) is 12.5 Å². The molecular formula is C16H18BrNO2S. The highest BCUT2D eigenvalue weighted by molar-refractivity contribution is 9.10. The Labute approximate surface area is 137 Å². The lowest BCUT2D eigenvalue weighted by molar-refractivity contribution is -0.123. The van der Waals surface area contributed by atoms with Crippen LogP contribution >= 0.6 is 27.3 Å². The summed E-state index contributed by atoms with van der Waals surface area (Å²) in [5.41, 5.74) is 1.09. The number of hydrogen-bond donors (Lipinski definition) is 1. The molecule has 0 radical (unpaired) electrons. The Morgan fingerprint density at radius 3 is 2.86 bits per heavy atom. The summed E-state index contributed by atoms with van der Waals surface area (Å²) in [5.74, 6) is 0.993. The predicted octanol–water partition coefficient (Wildman–Crippen LogP) is 4.33. The molecule has 0 atom stereocenters. The van der Waals surface area contributed by atoms with Gasteiger partial charge in [0.1, 0.15) is 5.75 Å². The zero-order valence-electron chi connectivity index (χ0n) is 12.1. The van der Waals surface area contributed by atoms with Crippen molar-refractivity contribution >= 4 is 33.2 Å². The van der Waals surface area contributed by atoms with Gasteiger partial charge in [-0.3, -0.25) is 4.79 Å². The second-order valence-electron chi connectivity index (χ2n) is 4.98. The summed E-state index contributed by atoms with van der Waals surface area (Å²) in [4.78, 5) is 13.0. The normalized spacial score (nSPS) is 10.7. The summed E-state index contributed by atoms with van der Waals surface area (Å²) in [5, 5.41) is 4.85. The molecule has 1 N–H and O–H groups in total. The maximum absolute atomic E-state index is 11.8. The van der Waals surface area contributed by atoms with E-state index in [1.165, 1.54) is 0 Å². The number of halogens is 1. The number of ether oxygens (including phenoxy) is 1. The molecule has 1 aromatic carbocycles. The first-order valence-corrected chi connectivity index (χ1v) is 8.45. The Hall–Kier alpha value is -1.33. The van der Waals surface area contributed by atoms with Gasteiger partial charge in [-0.25, -0.2) is 0 Å². The topological polar surface area (TPSA) is 38.3 Å². The SMILES string of the molecule is CC(C)c1cc(Br)ccc1OCC(=O)NCc1cccs1. The van der Waals surface area contributed by atoms with Gasteiger partial charge in [0.15, 0.2) is 6.61 Å². The van der Waals surface area contributed by atoms with Gasteiger partial charge < -0.3 is 10.1 Å². The molecule has 0 bridgehead atoms. The van der Waals surface area contributed by atoms with Crippen LogP contribution < -0.4 is 10.1 Å². The van der Waals surface area contributed by atoms with Crippen LogP contribution in [-0.2, 0) is 11.3 Å². The van der Waals surface area contributed by atoms with E-state index in [0.717, 1.165) is 20.7 Å². The van der Waals surface area contributed by atoms with E-state index < -0.39 is 0 Å². The molecule has 0 unspecified atom stereocenters. The molecular weight excluding hydrogens is 350 g/mol. The number of benzene rings is 1. The lowest BCUT2D eigenvalue weighted by Crippen LogP contribution is -2.28. The Kier molecular flexibility index (Phi) is 5.82. The number of nitrogens with one attached hydrogen (secondary N) is 1. The minimum Gasteiger partial charge on any atom is -0.483 e. The van der Waals surface area contributed by atoms with Gasteiger partial charge in [-0.15, -0.1) is 11.3 Å². The molecule has 0 aliphatic carbocycles. The van der Waals surface area contributed by atoms with E-state index >= 15 is 0 Å². The summed E-state index contributed by atoms with van der Waals surface area (Å²) in [6.45, 7) is 4.79. The number of hydrogen-bond acceptors (Lipinski definition) is 3. The third-order valence-electron chi connectivity index (χ3n) is 2.99. The van der Waals surface area contributed by atoms with Crippen LogP contribution in [0, 0.1) is 0 Å². The van der Waals surface area contributed by atoms with E-state index in [2.05, 4.69) is 35.1 Å². The fourth-order valence-electron chi connectivity index (χ4n) is 1.90. The summed E-state index contributed by atoms with van der Waals surface area (Å²) >= 11 is 5.08. The predicted molar refractivity (Wildman–Crippen MR) is 89.9 cm³/mol.